The Morgan fingerprint density at radius 3 is 2.04 bits per heavy atom. The van der Waals surface area contributed by atoms with Gasteiger partial charge in [-0.1, -0.05) is 27.7 Å². The molecule has 5 N–H and O–H groups in total. The van der Waals surface area contributed by atoms with Crippen LogP contribution in [0.25, 0.3) is 0 Å². The Balaban J connectivity index is 2.18. The number of ketones is 1. The Hall–Kier alpha value is -1.30. The number of aliphatic hydroxyl groups excluding tert-OH is 3. The maximum absolute atomic E-state index is 14.1. The normalized spacial score (nSPS) is 49.7. The van der Waals surface area contributed by atoms with Crippen molar-refractivity contribution in [2.24, 2.45) is 23.7 Å². The summed E-state index contributed by atoms with van der Waals surface area (Å²) in [5.74, 6) is -4.98. The van der Waals surface area contributed by atoms with Crippen molar-refractivity contribution in [1.29, 1.82) is 0 Å². The highest BCUT2D eigenvalue weighted by molar-refractivity contribution is 5.83. The molecular weight excluding hydrogens is 666 g/mol. The molecule has 14 nitrogen and oxygen atoms in total. The second kappa shape index (κ2) is 17.0. The van der Waals surface area contributed by atoms with Gasteiger partial charge in [-0.3, -0.25) is 9.59 Å². The van der Waals surface area contributed by atoms with Crippen LogP contribution >= 0.6 is 0 Å². The molecule has 0 spiro atoms. The van der Waals surface area contributed by atoms with Gasteiger partial charge in [0.1, 0.15) is 29.7 Å². The summed E-state index contributed by atoms with van der Waals surface area (Å²) in [7, 11) is 5.18. The predicted molar refractivity (Wildman–Crippen MR) is 186 cm³/mol. The molecule has 0 aromatic heterocycles. The van der Waals surface area contributed by atoms with Crippen molar-refractivity contribution in [1.82, 2.24) is 4.90 Å². The summed E-state index contributed by atoms with van der Waals surface area (Å²) in [5, 5.41) is 57.6. The molecule has 0 saturated carbocycles. The molecule has 0 amide bonds. The van der Waals surface area contributed by atoms with E-state index in [1.807, 2.05) is 25.9 Å². The van der Waals surface area contributed by atoms with Gasteiger partial charge in [-0.05, 0) is 74.9 Å². The maximum Gasteiger partial charge on any atom is 0.311 e. The minimum Gasteiger partial charge on any atom is -0.459 e. The van der Waals surface area contributed by atoms with Crippen LogP contribution in [0.1, 0.15) is 94.9 Å². The monoisotopic (exact) mass is 733 g/mol. The van der Waals surface area contributed by atoms with Gasteiger partial charge in [0.05, 0.1) is 47.6 Å². The number of ether oxygens (including phenoxy) is 6. The topological polar surface area (TPSA) is 194 Å². The van der Waals surface area contributed by atoms with E-state index in [9.17, 15) is 35.1 Å². The lowest BCUT2D eigenvalue weighted by molar-refractivity contribution is -0.318. The van der Waals surface area contributed by atoms with Gasteiger partial charge < -0.3 is 58.9 Å². The number of carbonyl (C=O) groups excluding carboxylic acids is 2. The van der Waals surface area contributed by atoms with Crippen LogP contribution in [-0.2, 0) is 38.0 Å². The molecule has 3 saturated heterocycles. The number of aliphatic hydroxyl groups is 5. The van der Waals surface area contributed by atoms with E-state index in [1.165, 1.54) is 27.9 Å². The summed E-state index contributed by atoms with van der Waals surface area (Å²) in [6, 6.07) is -0.324. The SMILES string of the molecule is CC[C@@H]1OC(=O)[C@H](C)[C@H](OC2CC(C)(OC)C(O)C(C)O2)[C@@H](C)[C@H](OC2OC(C)CC(N(C)C)C2O)[C@](C)(O)C[C@H](C)C(=O)[C@H](C)[C@@H](O)C1(C)O. The molecule has 51 heavy (non-hydrogen) atoms. The first kappa shape index (κ1) is 44.1. The number of rotatable bonds is 7. The fourth-order valence-electron chi connectivity index (χ4n) is 8.41. The Morgan fingerprint density at radius 1 is 0.882 bits per heavy atom. The van der Waals surface area contributed by atoms with Gasteiger partial charge in [-0.25, -0.2) is 0 Å². The second-order valence-electron chi connectivity index (χ2n) is 16.5. The van der Waals surface area contributed by atoms with E-state index >= 15 is 0 Å². The van der Waals surface area contributed by atoms with E-state index in [0.29, 0.717) is 6.42 Å². The molecule has 0 bridgehead atoms. The number of nitrogens with zero attached hydrogens (tertiary/aromatic N) is 1. The zero-order chi connectivity index (χ0) is 39.0. The summed E-state index contributed by atoms with van der Waals surface area (Å²) < 4.78 is 37.1. The lowest BCUT2D eigenvalue weighted by Gasteiger charge is -2.49. The minimum atomic E-state index is -1.99. The fraction of sp³-hybridized carbons (Fsp3) is 0.946. The highest BCUT2D eigenvalue weighted by Crippen LogP contribution is 2.40. The van der Waals surface area contributed by atoms with Crippen LogP contribution in [-0.4, -0.2) is 148 Å². The fourth-order valence-corrected chi connectivity index (χ4v) is 8.41. The largest absolute Gasteiger partial charge is 0.459 e. The van der Waals surface area contributed by atoms with Crippen molar-refractivity contribution in [3.8, 4) is 0 Å². The Morgan fingerprint density at radius 2 is 1.49 bits per heavy atom. The average Bonchev–Trinajstić information content (AvgIpc) is 3.05. The van der Waals surface area contributed by atoms with E-state index < -0.39 is 108 Å². The minimum absolute atomic E-state index is 0.0936. The number of hydrogen-bond acceptors (Lipinski definition) is 14. The van der Waals surface area contributed by atoms with Crippen LogP contribution < -0.4 is 0 Å². The zero-order valence-corrected chi connectivity index (χ0v) is 32.9. The number of cyclic esters (lactones) is 1. The van der Waals surface area contributed by atoms with E-state index in [4.69, 9.17) is 28.4 Å². The van der Waals surface area contributed by atoms with E-state index in [-0.39, 0.29) is 31.4 Å². The second-order valence-corrected chi connectivity index (χ2v) is 16.5. The lowest BCUT2D eigenvalue weighted by Crippen LogP contribution is -2.61. The van der Waals surface area contributed by atoms with Crippen LogP contribution in [0.4, 0.5) is 0 Å². The molecule has 9 unspecified atom stereocenters. The van der Waals surface area contributed by atoms with Gasteiger partial charge in [0.2, 0.25) is 0 Å². The molecule has 0 aromatic carbocycles. The zero-order valence-electron chi connectivity index (χ0n) is 32.9. The van der Waals surface area contributed by atoms with Gasteiger partial charge in [-0.2, -0.15) is 0 Å². The molecule has 14 heteroatoms. The van der Waals surface area contributed by atoms with Crippen molar-refractivity contribution in [3.63, 3.8) is 0 Å². The Labute approximate surface area is 304 Å². The van der Waals surface area contributed by atoms with Gasteiger partial charge in [-0.15, -0.1) is 0 Å². The van der Waals surface area contributed by atoms with Crippen molar-refractivity contribution in [2.75, 3.05) is 21.2 Å². The standard InChI is InChI=1S/C37H67NO13/c1-14-25-37(10,45)30(41)20(4)27(39)18(2)16-35(8,44)32(51-34-28(40)24(38(11)12)15-19(3)47-34)21(5)29(22(6)33(43)49-25)50-26-17-36(9,46-13)31(42)23(7)48-26/h18-26,28-32,34,40-42,44-45H,14-17H2,1-13H3/t18-,19?,20-,21+,22+,23?,24?,25-,26?,28?,29+,30+,31?,32-,34?,35+,36?,37?/m0/s1. The lowest BCUT2D eigenvalue weighted by atomic mass is 9.74. The number of Topliss-reactive ketones (excluding diaryl/α,β-unsaturated/α-hetero) is 1. The van der Waals surface area contributed by atoms with Crippen LogP contribution in [0.5, 0.6) is 0 Å². The van der Waals surface area contributed by atoms with Gasteiger partial charge >= 0.3 is 5.97 Å². The third-order valence-electron chi connectivity index (χ3n) is 11.8. The molecule has 3 fully saturated rings. The molecule has 18 atom stereocenters. The van der Waals surface area contributed by atoms with Gasteiger partial charge in [0.25, 0.3) is 0 Å². The molecule has 298 valence electrons. The van der Waals surface area contributed by atoms with Crippen molar-refractivity contribution >= 4 is 11.8 Å². The quantitative estimate of drug-likeness (QED) is 0.238. The summed E-state index contributed by atoms with van der Waals surface area (Å²) in [5.41, 5.74) is -4.84. The Kier molecular flexibility index (Phi) is 14.7. The third kappa shape index (κ3) is 9.51. The predicted octanol–water partition coefficient (Wildman–Crippen LogP) is 1.79. The highest BCUT2D eigenvalue weighted by atomic mass is 16.7. The molecule has 3 aliphatic heterocycles. The number of likely N-dealkylation sites (N-methyl/N-ethyl adjacent to an activating group) is 1. The highest BCUT2D eigenvalue weighted by Gasteiger charge is 2.53. The first-order valence-corrected chi connectivity index (χ1v) is 18.5. The molecule has 3 heterocycles. The number of carbonyl (C=O) groups is 2. The van der Waals surface area contributed by atoms with Gasteiger partial charge in [0, 0.05) is 37.3 Å². The van der Waals surface area contributed by atoms with Crippen LogP contribution in [0, 0.1) is 23.7 Å². The molecular formula is C37H67NO13. The first-order valence-electron chi connectivity index (χ1n) is 18.5. The maximum atomic E-state index is 14.1. The van der Waals surface area contributed by atoms with Crippen molar-refractivity contribution in [2.45, 2.75) is 179 Å². The molecule has 3 rings (SSSR count). The van der Waals surface area contributed by atoms with Crippen LogP contribution in [0.3, 0.4) is 0 Å². The van der Waals surface area contributed by atoms with Crippen molar-refractivity contribution < 1.29 is 63.5 Å². The molecule has 0 aliphatic carbocycles. The van der Waals surface area contributed by atoms with Crippen molar-refractivity contribution in [3.05, 3.63) is 0 Å². The number of hydrogen-bond donors (Lipinski definition) is 5. The average molecular weight is 734 g/mol. The van der Waals surface area contributed by atoms with Gasteiger partial charge in [0.15, 0.2) is 12.6 Å². The van der Waals surface area contributed by atoms with Crippen LogP contribution in [0.2, 0.25) is 0 Å². The Bertz CT molecular complexity index is 1170. The van der Waals surface area contributed by atoms with E-state index in [0.717, 1.165) is 0 Å². The molecule has 3 aliphatic rings. The third-order valence-corrected chi connectivity index (χ3v) is 11.8. The van der Waals surface area contributed by atoms with Crippen LogP contribution in [0.15, 0.2) is 0 Å². The number of methoxy groups -OCH3 is 1. The summed E-state index contributed by atoms with van der Waals surface area (Å²) in [6.45, 7) is 16.3. The van der Waals surface area contributed by atoms with E-state index in [1.54, 1.807) is 41.5 Å². The summed E-state index contributed by atoms with van der Waals surface area (Å²) >= 11 is 0. The van der Waals surface area contributed by atoms with E-state index in [2.05, 4.69) is 0 Å². The molecule has 0 aromatic rings. The molecule has 0 radical (unpaired) electrons. The first-order chi connectivity index (χ1) is 23.4. The number of esters is 1. The summed E-state index contributed by atoms with van der Waals surface area (Å²) in [4.78, 5) is 29.8. The smallest absolute Gasteiger partial charge is 0.311 e. The summed E-state index contributed by atoms with van der Waals surface area (Å²) in [6.07, 6.45) is -9.71.